The standard InChI is InChI=1S/C35H30N2O3/c1-3-29-31(24-14-8-5-9-15-24)32(25-16-10-6-11-17-25)30(4-2)35(29)33(26-18-12-7-13-19-26)36-34(40-35)27-20-22-28(23-21-27)37(38)39/h5-23,34H,3-4H2,1-2H3/t34-/m1/s1. The Balaban J connectivity index is 1.64. The number of allylic oxidation sites excluding steroid dienone is 2. The molecule has 4 aromatic rings. The van der Waals surface area contributed by atoms with E-state index in [0.717, 1.165) is 40.8 Å². The lowest BCUT2D eigenvalue weighted by Gasteiger charge is -2.33. The van der Waals surface area contributed by atoms with Crippen molar-refractivity contribution in [2.45, 2.75) is 38.5 Å². The Morgan fingerprint density at radius 2 is 1.15 bits per heavy atom. The first-order valence-electron chi connectivity index (χ1n) is 13.7. The maximum absolute atomic E-state index is 11.3. The quantitative estimate of drug-likeness (QED) is 0.179. The van der Waals surface area contributed by atoms with E-state index in [1.165, 1.54) is 34.4 Å². The van der Waals surface area contributed by atoms with Crippen molar-refractivity contribution in [3.8, 4) is 0 Å². The van der Waals surface area contributed by atoms with Crippen molar-refractivity contribution in [3.63, 3.8) is 0 Å². The minimum Gasteiger partial charge on any atom is -0.331 e. The smallest absolute Gasteiger partial charge is 0.269 e. The Morgan fingerprint density at radius 1 is 0.700 bits per heavy atom. The minimum atomic E-state index is -0.867. The van der Waals surface area contributed by atoms with Crippen LogP contribution in [0.25, 0.3) is 11.1 Å². The van der Waals surface area contributed by atoms with Crippen molar-refractivity contribution in [2.75, 3.05) is 0 Å². The summed E-state index contributed by atoms with van der Waals surface area (Å²) in [4.78, 5) is 16.2. The lowest BCUT2D eigenvalue weighted by atomic mass is 9.79. The van der Waals surface area contributed by atoms with Crippen LogP contribution in [-0.2, 0) is 4.74 Å². The molecule has 0 amide bonds. The van der Waals surface area contributed by atoms with Crippen LogP contribution in [0.5, 0.6) is 0 Å². The van der Waals surface area contributed by atoms with Crippen LogP contribution < -0.4 is 0 Å². The number of hydrogen-bond donors (Lipinski definition) is 0. The average Bonchev–Trinajstić information content (AvgIpc) is 3.54. The molecule has 0 bridgehead atoms. The van der Waals surface area contributed by atoms with Crippen LogP contribution in [0.1, 0.15) is 55.2 Å². The molecule has 6 rings (SSSR count). The van der Waals surface area contributed by atoms with Gasteiger partial charge in [0.2, 0.25) is 0 Å². The van der Waals surface area contributed by atoms with Crippen LogP contribution in [0.15, 0.2) is 131 Å². The Morgan fingerprint density at radius 3 is 1.57 bits per heavy atom. The van der Waals surface area contributed by atoms with Crippen molar-refractivity contribution >= 4 is 22.5 Å². The molecule has 2 aliphatic rings. The number of nitrogens with zero attached hydrogens (tertiary/aromatic N) is 2. The highest BCUT2D eigenvalue weighted by Gasteiger charge is 2.55. The summed E-state index contributed by atoms with van der Waals surface area (Å²) in [6, 6.07) is 37.9. The van der Waals surface area contributed by atoms with Gasteiger partial charge >= 0.3 is 0 Å². The van der Waals surface area contributed by atoms with E-state index in [4.69, 9.17) is 9.73 Å². The summed E-state index contributed by atoms with van der Waals surface area (Å²) in [5.41, 5.74) is 8.90. The largest absolute Gasteiger partial charge is 0.331 e. The average molecular weight is 527 g/mol. The maximum atomic E-state index is 11.3. The lowest BCUT2D eigenvalue weighted by Crippen LogP contribution is -2.41. The number of nitro benzene ring substituents is 1. The normalized spacial score (nSPS) is 17.9. The van der Waals surface area contributed by atoms with Crippen molar-refractivity contribution < 1.29 is 9.66 Å². The second kappa shape index (κ2) is 10.5. The number of non-ortho nitro benzene ring substituents is 1. The fraction of sp³-hybridized carbons (Fsp3) is 0.171. The predicted molar refractivity (Wildman–Crippen MR) is 160 cm³/mol. The first-order chi connectivity index (χ1) is 19.6. The van der Waals surface area contributed by atoms with Gasteiger partial charge in [-0.25, -0.2) is 4.99 Å². The molecule has 1 atom stereocenters. The van der Waals surface area contributed by atoms with Crippen molar-refractivity contribution in [3.05, 3.63) is 159 Å². The monoisotopic (exact) mass is 526 g/mol. The van der Waals surface area contributed by atoms with E-state index in [1.54, 1.807) is 12.1 Å². The molecule has 5 heteroatoms. The second-order valence-corrected chi connectivity index (χ2v) is 9.99. The molecule has 4 aromatic carbocycles. The Kier molecular flexibility index (Phi) is 6.74. The molecule has 198 valence electrons. The molecule has 0 radical (unpaired) electrons. The molecular weight excluding hydrogens is 496 g/mol. The van der Waals surface area contributed by atoms with Gasteiger partial charge in [-0.1, -0.05) is 105 Å². The lowest BCUT2D eigenvalue weighted by molar-refractivity contribution is -0.384. The minimum absolute atomic E-state index is 0.0469. The summed E-state index contributed by atoms with van der Waals surface area (Å²) in [7, 11) is 0. The molecule has 0 saturated heterocycles. The van der Waals surface area contributed by atoms with E-state index in [9.17, 15) is 10.1 Å². The first kappa shape index (κ1) is 25.7. The molecule has 1 aliphatic heterocycles. The third-order valence-electron chi connectivity index (χ3n) is 7.84. The van der Waals surface area contributed by atoms with Gasteiger partial charge in [0.05, 0.1) is 10.6 Å². The van der Waals surface area contributed by atoms with E-state index in [2.05, 4.69) is 74.5 Å². The summed E-state index contributed by atoms with van der Waals surface area (Å²) >= 11 is 0. The molecule has 0 unspecified atom stereocenters. The predicted octanol–water partition coefficient (Wildman–Crippen LogP) is 8.59. The number of ether oxygens (including phenoxy) is 1. The van der Waals surface area contributed by atoms with E-state index in [-0.39, 0.29) is 10.6 Å². The zero-order valence-electron chi connectivity index (χ0n) is 22.6. The van der Waals surface area contributed by atoms with Gasteiger partial charge < -0.3 is 4.74 Å². The second-order valence-electron chi connectivity index (χ2n) is 9.99. The molecule has 5 nitrogen and oxygen atoms in total. The molecule has 40 heavy (non-hydrogen) atoms. The molecule has 1 spiro atoms. The number of benzene rings is 4. The number of nitro groups is 1. The highest BCUT2D eigenvalue weighted by atomic mass is 16.6. The third kappa shape index (κ3) is 4.10. The Bertz CT molecular complexity index is 1570. The highest BCUT2D eigenvalue weighted by Crippen LogP contribution is 2.58. The van der Waals surface area contributed by atoms with Crippen LogP contribution in [0.3, 0.4) is 0 Å². The maximum Gasteiger partial charge on any atom is 0.269 e. The summed E-state index contributed by atoms with van der Waals surface area (Å²) < 4.78 is 7.18. The van der Waals surface area contributed by atoms with Gasteiger partial charge in [-0.15, -0.1) is 0 Å². The van der Waals surface area contributed by atoms with E-state index >= 15 is 0 Å². The van der Waals surface area contributed by atoms with Crippen LogP contribution in [0.4, 0.5) is 5.69 Å². The van der Waals surface area contributed by atoms with Crippen molar-refractivity contribution in [2.24, 2.45) is 4.99 Å². The van der Waals surface area contributed by atoms with Gasteiger partial charge in [-0.05, 0) is 64.0 Å². The van der Waals surface area contributed by atoms with E-state index in [0.29, 0.717) is 0 Å². The summed E-state index contributed by atoms with van der Waals surface area (Å²) in [5, 5.41) is 11.3. The summed E-state index contributed by atoms with van der Waals surface area (Å²) in [5.74, 6) is 0. The number of hydrogen-bond acceptors (Lipinski definition) is 4. The molecular formula is C35H30N2O3. The molecule has 0 aromatic heterocycles. The number of rotatable bonds is 7. The van der Waals surface area contributed by atoms with E-state index in [1.807, 2.05) is 30.3 Å². The molecule has 1 heterocycles. The van der Waals surface area contributed by atoms with Crippen LogP contribution in [-0.4, -0.2) is 16.2 Å². The Labute approximate surface area is 234 Å². The zero-order valence-corrected chi connectivity index (χ0v) is 22.6. The summed E-state index contributed by atoms with van der Waals surface area (Å²) in [6.45, 7) is 4.37. The van der Waals surface area contributed by atoms with Gasteiger partial charge in [0, 0.05) is 17.7 Å². The molecule has 0 N–H and O–H groups in total. The van der Waals surface area contributed by atoms with Gasteiger partial charge in [-0.2, -0.15) is 0 Å². The van der Waals surface area contributed by atoms with Crippen LogP contribution in [0.2, 0.25) is 0 Å². The number of aliphatic imine (C=N–C) groups is 1. The molecule has 1 aliphatic carbocycles. The van der Waals surface area contributed by atoms with E-state index < -0.39 is 11.8 Å². The van der Waals surface area contributed by atoms with Gasteiger partial charge in [0.25, 0.3) is 5.69 Å². The SMILES string of the molecule is CCC1=C(c2ccccc2)C(c2ccccc2)=C(CC)C12O[C@H](c1ccc([N+](=O)[O-])cc1)N=C2c1ccccc1. The fourth-order valence-electron chi connectivity index (χ4n) is 6.20. The topological polar surface area (TPSA) is 64.7 Å². The van der Waals surface area contributed by atoms with Gasteiger partial charge in [-0.3, -0.25) is 10.1 Å². The highest BCUT2D eigenvalue weighted by molar-refractivity contribution is 6.22. The van der Waals surface area contributed by atoms with Crippen molar-refractivity contribution in [1.29, 1.82) is 0 Å². The van der Waals surface area contributed by atoms with Crippen LogP contribution >= 0.6 is 0 Å². The fourth-order valence-corrected chi connectivity index (χ4v) is 6.20. The van der Waals surface area contributed by atoms with Gasteiger partial charge in [0.1, 0.15) is 0 Å². The zero-order chi connectivity index (χ0) is 27.7. The molecule has 0 saturated carbocycles. The Hall–Kier alpha value is -4.61. The molecule has 0 fully saturated rings. The van der Waals surface area contributed by atoms with Crippen LogP contribution in [0, 0.1) is 10.1 Å². The summed E-state index contributed by atoms with van der Waals surface area (Å²) in [6.07, 6.45) is 0.928. The third-order valence-corrected chi connectivity index (χ3v) is 7.84. The van der Waals surface area contributed by atoms with Crippen molar-refractivity contribution in [1.82, 2.24) is 0 Å². The first-order valence-corrected chi connectivity index (χ1v) is 13.7. The van der Waals surface area contributed by atoms with Gasteiger partial charge in [0.15, 0.2) is 11.8 Å².